The number of likely N-dealkylation sites (tertiary alicyclic amines) is 1. The third kappa shape index (κ3) is 3.67. The molecular formula is C15H23FN2O. The number of nitrogens with one attached hydrogen (secondary N) is 1. The van der Waals surface area contributed by atoms with Crippen molar-refractivity contribution in [2.45, 2.75) is 38.4 Å². The van der Waals surface area contributed by atoms with Crippen molar-refractivity contribution in [1.82, 2.24) is 10.2 Å². The smallest absolute Gasteiger partial charge is 0.131 e. The zero-order chi connectivity index (χ0) is 13.8. The van der Waals surface area contributed by atoms with E-state index in [1.165, 1.54) is 6.07 Å². The minimum absolute atomic E-state index is 0.201. The van der Waals surface area contributed by atoms with E-state index in [2.05, 4.69) is 24.2 Å². The Bertz CT molecular complexity index is 425. The fraction of sp³-hybridized carbons (Fsp3) is 0.600. The molecule has 0 radical (unpaired) electrons. The van der Waals surface area contributed by atoms with Crippen LogP contribution in [-0.4, -0.2) is 37.7 Å². The fourth-order valence-electron chi connectivity index (χ4n) is 2.53. The van der Waals surface area contributed by atoms with E-state index < -0.39 is 0 Å². The Morgan fingerprint density at radius 1 is 1.47 bits per heavy atom. The number of nitrogens with zero attached hydrogens (tertiary/aromatic N) is 1. The summed E-state index contributed by atoms with van der Waals surface area (Å²) in [6.45, 7) is 3.92. The summed E-state index contributed by atoms with van der Waals surface area (Å²) in [4.78, 5) is 2.37. The van der Waals surface area contributed by atoms with Crippen LogP contribution in [0.25, 0.3) is 0 Å². The van der Waals surface area contributed by atoms with Gasteiger partial charge in [0.1, 0.15) is 11.6 Å². The molecule has 1 fully saturated rings. The first-order valence-electron chi connectivity index (χ1n) is 6.86. The standard InChI is InChI=1S/C15H23FN2O/c1-11-8-13(6-7-18(11)2)17-10-12-4-5-14(19-3)9-15(12)16/h4-5,9,11,13,17H,6-8,10H2,1-3H3. The lowest BCUT2D eigenvalue weighted by Crippen LogP contribution is -2.45. The van der Waals surface area contributed by atoms with Crippen LogP contribution in [0, 0.1) is 5.82 Å². The summed E-state index contributed by atoms with van der Waals surface area (Å²) in [6, 6.07) is 6.10. The predicted octanol–water partition coefficient (Wildman–Crippen LogP) is 2.41. The number of rotatable bonds is 4. The molecule has 0 aliphatic carbocycles. The van der Waals surface area contributed by atoms with Gasteiger partial charge in [-0.3, -0.25) is 0 Å². The van der Waals surface area contributed by atoms with Crippen molar-refractivity contribution in [3.63, 3.8) is 0 Å². The summed E-state index contributed by atoms with van der Waals surface area (Å²) in [7, 11) is 3.71. The average molecular weight is 266 g/mol. The van der Waals surface area contributed by atoms with Gasteiger partial charge in [0.2, 0.25) is 0 Å². The van der Waals surface area contributed by atoms with Gasteiger partial charge < -0.3 is 15.0 Å². The lowest BCUT2D eigenvalue weighted by molar-refractivity contribution is 0.168. The van der Waals surface area contributed by atoms with Crippen LogP contribution in [0.2, 0.25) is 0 Å². The van der Waals surface area contributed by atoms with Crippen LogP contribution in [0.3, 0.4) is 0 Å². The van der Waals surface area contributed by atoms with Crippen molar-refractivity contribution in [3.05, 3.63) is 29.6 Å². The second kappa shape index (κ2) is 6.35. The average Bonchev–Trinajstić information content (AvgIpc) is 2.41. The number of benzene rings is 1. The van der Waals surface area contributed by atoms with Crippen LogP contribution in [0.1, 0.15) is 25.3 Å². The second-order valence-electron chi connectivity index (χ2n) is 5.39. The summed E-state index contributed by atoms with van der Waals surface area (Å²) in [5, 5.41) is 3.46. The number of halogens is 1. The summed E-state index contributed by atoms with van der Waals surface area (Å²) >= 11 is 0. The fourth-order valence-corrected chi connectivity index (χ4v) is 2.53. The normalized spacial score (nSPS) is 24.4. The van der Waals surface area contributed by atoms with E-state index in [9.17, 15) is 4.39 Å². The van der Waals surface area contributed by atoms with Crippen molar-refractivity contribution in [2.75, 3.05) is 20.7 Å². The van der Waals surface area contributed by atoms with E-state index in [-0.39, 0.29) is 5.82 Å². The van der Waals surface area contributed by atoms with Crippen molar-refractivity contribution >= 4 is 0 Å². The number of methoxy groups -OCH3 is 1. The molecule has 0 aromatic heterocycles. The molecule has 1 aliphatic heterocycles. The third-order valence-corrected chi connectivity index (χ3v) is 4.05. The van der Waals surface area contributed by atoms with Crippen molar-refractivity contribution in [3.8, 4) is 5.75 Å². The lowest BCUT2D eigenvalue weighted by atomic mass is 9.98. The van der Waals surface area contributed by atoms with Gasteiger partial charge in [-0.15, -0.1) is 0 Å². The van der Waals surface area contributed by atoms with Gasteiger partial charge in [0, 0.05) is 30.3 Å². The second-order valence-corrected chi connectivity index (χ2v) is 5.39. The molecule has 0 bridgehead atoms. The van der Waals surface area contributed by atoms with E-state index in [1.807, 2.05) is 0 Å². The molecule has 2 rings (SSSR count). The Balaban J connectivity index is 1.88. The van der Waals surface area contributed by atoms with E-state index in [1.54, 1.807) is 19.2 Å². The van der Waals surface area contributed by atoms with Crippen LogP contribution in [0.4, 0.5) is 4.39 Å². The predicted molar refractivity (Wildman–Crippen MR) is 74.9 cm³/mol. The highest BCUT2D eigenvalue weighted by molar-refractivity contribution is 5.28. The molecule has 1 aliphatic rings. The number of ether oxygens (including phenoxy) is 1. The first-order valence-corrected chi connectivity index (χ1v) is 6.86. The highest BCUT2D eigenvalue weighted by Crippen LogP contribution is 2.18. The van der Waals surface area contributed by atoms with E-state index in [0.717, 1.165) is 19.4 Å². The van der Waals surface area contributed by atoms with Crippen LogP contribution in [-0.2, 0) is 6.54 Å². The molecule has 4 heteroatoms. The molecule has 106 valence electrons. The topological polar surface area (TPSA) is 24.5 Å². The van der Waals surface area contributed by atoms with E-state index in [0.29, 0.717) is 29.9 Å². The van der Waals surface area contributed by atoms with Gasteiger partial charge in [0.25, 0.3) is 0 Å². The van der Waals surface area contributed by atoms with Gasteiger partial charge in [-0.1, -0.05) is 6.07 Å². The molecule has 1 heterocycles. The quantitative estimate of drug-likeness (QED) is 0.905. The molecule has 0 saturated carbocycles. The molecule has 0 amide bonds. The number of hydrogen-bond donors (Lipinski definition) is 1. The molecule has 3 nitrogen and oxygen atoms in total. The van der Waals surface area contributed by atoms with Gasteiger partial charge in [-0.25, -0.2) is 4.39 Å². The zero-order valence-electron chi connectivity index (χ0n) is 11.9. The summed E-state index contributed by atoms with van der Waals surface area (Å²) in [6.07, 6.45) is 2.24. The van der Waals surface area contributed by atoms with E-state index >= 15 is 0 Å². The van der Waals surface area contributed by atoms with Gasteiger partial charge in [-0.2, -0.15) is 0 Å². The van der Waals surface area contributed by atoms with Crippen LogP contribution < -0.4 is 10.1 Å². The lowest BCUT2D eigenvalue weighted by Gasteiger charge is -2.35. The van der Waals surface area contributed by atoms with Crippen LogP contribution in [0.5, 0.6) is 5.75 Å². The molecule has 19 heavy (non-hydrogen) atoms. The third-order valence-electron chi connectivity index (χ3n) is 4.05. The maximum absolute atomic E-state index is 13.8. The molecule has 1 saturated heterocycles. The molecule has 0 spiro atoms. The maximum atomic E-state index is 13.8. The Labute approximate surface area is 114 Å². The van der Waals surface area contributed by atoms with Crippen LogP contribution in [0.15, 0.2) is 18.2 Å². The highest BCUT2D eigenvalue weighted by atomic mass is 19.1. The minimum Gasteiger partial charge on any atom is -0.497 e. The van der Waals surface area contributed by atoms with Crippen molar-refractivity contribution in [1.29, 1.82) is 0 Å². The minimum atomic E-state index is -0.201. The van der Waals surface area contributed by atoms with Crippen molar-refractivity contribution < 1.29 is 9.13 Å². The monoisotopic (exact) mass is 266 g/mol. The Morgan fingerprint density at radius 2 is 2.26 bits per heavy atom. The number of hydrogen-bond acceptors (Lipinski definition) is 3. The van der Waals surface area contributed by atoms with Crippen molar-refractivity contribution in [2.24, 2.45) is 0 Å². The summed E-state index contributed by atoms with van der Waals surface area (Å²) in [5.74, 6) is 0.363. The first kappa shape index (κ1) is 14.3. The van der Waals surface area contributed by atoms with Crippen LogP contribution >= 0.6 is 0 Å². The first-order chi connectivity index (χ1) is 9.10. The highest BCUT2D eigenvalue weighted by Gasteiger charge is 2.22. The number of piperidine rings is 1. The Morgan fingerprint density at radius 3 is 2.89 bits per heavy atom. The molecule has 2 atom stereocenters. The summed E-state index contributed by atoms with van der Waals surface area (Å²) in [5.41, 5.74) is 0.701. The SMILES string of the molecule is COc1ccc(CNC2CCN(C)C(C)C2)c(F)c1. The largest absolute Gasteiger partial charge is 0.497 e. The zero-order valence-corrected chi connectivity index (χ0v) is 11.9. The van der Waals surface area contributed by atoms with Gasteiger partial charge in [0.15, 0.2) is 0 Å². The molecule has 1 N–H and O–H groups in total. The summed E-state index contributed by atoms with van der Waals surface area (Å²) < 4.78 is 18.8. The van der Waals surface area contributed by atoms with E-state index in [4.69, 9.17) is 4.74 Å². The Hall–Kier alpha value is -1.13. The van der Waals surface area contributed by atoms with Gasteiger partial charge in [-0.05, 0) is 39.4 Å². The molecule has 1 aromatic carbocycles. The molecular weight excluding hydrogens is 243 g/mol. The molecule has 1 aromatic rings. The van der Waals surface area contributed by atoms with Gasteiger partial charge in [0.05, 0.1) is 7.11 Å². The Kier molecular flexibility index (Phi) is 4.77. The molecule has 2 unspecified atom stereocenters. The van der Waals surface area contributed by atoms with Gasteiger partial charge >= 0.3 is 0 Å². The maximum Gasteiger partial charge on any atom is 0.131 e.